The Hall–Kier alpha value is -1.70. The molecule has 0 aliphatic carbocycles. The highest BCUT2D eigenvalue weighted by Gasteiger charge is 2.27. The Morgan fingerprint density at radius 3 is 2.64 bits per heavy atom. The van der Waals surface area contributed by atoms with Gasteiger partial charge in [-0.15, -0.1) is 0 Å². The largest absolute Gasteiger partial charge is 0.466 e. The number of thioether (sulfide) groups is 1. The Balaban J connectivity index is 1.88. The van der Waals surface area contributed by atoms with Gasteiger partial charge in [0.05, 0.1) is 46.2 Å². The normalized spacial score (nSPS) is 15.6. The fourth-order valence-corrected chi connectivity index (χ4v) is 3.59. The van der Waals surface area contributed by atoms with Crippen LogP contribution >= 0.6 is 35.0 Å². The molecule has 1 aliphatic heterocycles. The van der Waals surface area contributed by atoms with Crippen LogP contribution in [-0.4, -0.2) is 48.8 Å². The third kappa shape index (κ3) is 5.14. The van der Waals surface area contributed by atoms with Crippen LogP contribution in [0.4, 0.5) is 0 Å². The van der Waals surface area contributed by atoms with Crippen LogP contribution in [0.5, 0.6) is 0 Å². The van der Waals surface area contributed by atoms with Crippen molar-refractivity contribution in [2.45, 2.75) is 6.42 Å². The van der Waals surface area contributed by atoms with E-state index in [-0.39, 0.29) is 33.9 Å². The zero-order valence-electron chi connectivity index (χ0n) is 13.3. The van der Waals surface area contributed by atoms with Crippen molar-refractivity contribution in [3.8, 4) is 0 Å². The van der Waals surface area contributed by atoms with E-state index in [1.54, 1.807) is 18.2 Å². The number of benzene rings is 1. The molecule has 25 heavy (non-hydrogen) atoms. The Labute approximate surface area is 159 Å². The number of carbonyl (C=O) groups excluding carboxylic acids is 3. The van der Waals surface area contributed by atoms with E-state index in [0.29, 0.717) is 18.0 Å². The van der Waals surface area contributed by atoms with Crippen molar-refractivity contribution in [3.05, 3.63) is 44.9 Å². The smallest absolute Gasteiger partial charge is 0.341 e. The molecule has 134 valence electrons. The van der Waals surface area contributed by atoms with Gasteiger partial charge in [-0.2, -0.15) is 0 Å². The summed E-state index contributed by atoms with van der Waals surface area (Å²) in [4.78, 5) is 36.7. The van der Waals surface area contributed by atoms with Gasteiger partial charge >= 0.3 is 11.9 Å². The number of rotatable bonds is 6. The number of halogens is 2. The maximum atomic E-state index is 12.0. The molecular weight excluding hydrogens is 389 g/mol. The number of amides is 1. The number of methoxy groups -OCH3 is 1. The topological polar surface area (TPSA) is 72.9 Å². The highest BCUT2D eigenvalue weighted by Crippen LogP contribution is 2.29. The predicted octanol–water partition coefficient (Wildman–Crippen LogP) is 3.13. The molecule has 0 aromatic heterocycles. The van der Waals surface area contributed by atoms with Gasteiger partial charge in [-0.1, -0.05) is 41.0 Å². The van der Waals surface area contributed by atoms with Gasteiger partial charge in [0.15, 0.2) is 0 Å². The van der Waals surface area contributed by atoms with E-state index in [0.717, 1.165) is 0 Å². The third-order valence-electron chi connectivity index (χ3n) is 3.28. The lowest BCUT2D eigenvalue weighted by molar-refractivity contribution is -0.134. The molecule has 0 spiro atoms. The minimum Gasteiger partial charge on any atom is -0.466 e. The summed E-state index contributed by atoms with van der Waals surface area (Å²) in [5.74, 6) is -0.997. The molecule has 1 aliphatic rings. The molecule has 0 saturated carbocycles. The van der Waals surface area contributed by atoms with Crippen molar-refractivity contribution < 1.29 is 23.9 Å². The molecule has 0 atom stereocenters. The quantitative estimate of drug-likeness (QED) is 0.412. The second-order valence-corrected chi connectivity index (χ2v) is 6.74. The molecule has 2 rings (SSSR count). The first-order chi connectivity index (χ1) is 11.9. The number of ether oxygens (including phenoxy) is 2. The summed E-state index contributed by atoms with van der Waals surface area (Å²) in [6.07, 6.45) is 1.67. The van der Waals surface area contributed by atoms with Crippen LogP contribution < -0.4 is 0 Å². The van der Waals surface area contributed by atoms with Gasteiger partial charge in [-0.3, -0.25) is 4.79 Å². The molecule has 1 fully saturated rings. The summed E-state index contributed by atoms with van der Waals surface area (Å²) in [5, 5.41) is 0.955. The molecule has 1 amide bonds. The van der Waals surface area contributed by atoms with E-state index < -0.39 is 11.9 Å². The maximum Gasteiger partial charge on any atom is 0.341 e. The molecule has 1 saturated heterocycles. The average Bonchev–Trinajstić information content (AvgIpc) is 2.91. The summed E-state index contributed by atoms with van der Waals surface area (Å²) >= 11 is 13.2. The van der Waals surface area contributed by atoms with Crippen molar-refractivity contribution in [2.24, 2.45) is 0 Å². The highest BCUT2D eigenvalue weighted by atomic mass is 35.5. The zero-order valence-corrected chi connectivity index (χ0v) is 15.6. The van der Waals surface area contributed by atoms with E-state index in [2.05, 4.69) is 4.74 Å². The summed E-state index contributed by atoms with van der Waals surface area (Å²) in [5.41, 5.74) is 0.116. The van der Waals surface area contributed by atoms with Crippen molar-refractivity contribution >= 4 is 52.8 Å². The lowest BCUT2D eigenvalue weighted by Gasteiger charge is -2.16. The second-order valence-electron chi connectivity index (χ2n) is 4.93. The second kappa shape index (κ2) is 9.12. The fourth-order valence-electron chi connectivity index (χ4n) is 2.08. The molecule has 0 N–H and O–H groups in total. The summed E-state index contributed by atoms with van der Waals surface area (Å²) in [6.45, 7) is 0.401. The first-order valence-corrected chi connectivity index (χ1v) is 9.02. The first kappa shape index (κ1) is 19.6. The Kier molecular flexibility index (Phi) is 7.16. The van der Waals surface area contributed by atoms with E-state index in [9.17, 15) is 14.4 Å². The van der Waals surface area contributed by atoms with Crippen molar-refractivity contribution in [1.29, 1.82) is 0 Å². The van der Waals surface area contributed by atoms with Crippen LogP contribution in [-0.2, 0) is 19.1 Å². The fraction of sp³-hybridized carbons (Fsp3) is 0.312. The van der Waals surface area contributed by atoms with Crippen LogP contribution in [0.15, 0.2) is 29.3 Å². The van der Waals surface area contributed by atoms with Crippen LogP contribution in [0.25, 0.3) is 0 Å². The van der Waals surface area contributed by atoms with Gasteiger partial charge in [0.2, 0.25) is 5.91 Å². The summed E-state index contributed by atoms with van der Waals surface area (Å²) in [6, 6.07) is 4.73. The average molecular weight is 404 g/mol. The zero-order chi connectivity index (χ0) is 18.4. The Bertz CT molecular complexity index is 702. The number of esters is 2. The van der Waals surface area contributed by atoms with Crippen molar-refractivity contribution in [2.75, 3.05) is 26.0 Å². The Morgan fingerprint density at radius 2 is 2.00 bits per heavy atom. The molecule has 6 nitrogen and oxygen atoms in total. The lowest BCUT2D eigenvalue weighted by Crippen LogP contribution is -2.27. The molecule has 9 heteroatoms. The van der Waals surface area contributed by atoms with E-state index >= 15 is 0 Å². The van der Waals surface area contributed by atoms with Crippen molar-refractivity contribution in [3.63, 3.8) is 0 Å². The minimum atomic E-state index is -0.622. The van der Waals surface area contributed by atoms with E-state index in [4.69, 9.17) is 27.9 Å². The third-order valence-corrected chi connectivity index (χ3v) is 4.93. The monoisotopic (exact) mass is 403 g/mol. The molecule has 0 bridgehead atoms. The molecule has 1 heterocycles. The van der Waals surface area contributed by atoms with Crippen LogP contribution in [0.3, 0.4) is 0 Å². The van der Waals surface area contributed by atoms with Gasteiger partial charge in [0, 0.05) is 6.54 Å². The van der Waals surface area contributed by atoms with Gasteiger partial charge in [-0.05, 0) is 18.6 Å². The molecule has 1 aromatic carbocycles. The van der Waals surface area contributed by atoms with Crippen LogP contribution in [0.2, 0.25) is 10.0 Å². The van der Waals surface area contributed by atoms with Crippen molar-refractivity contribution in [1.82, 2.24) is 4.90 Å². The van der Waals surface area contributed by atoms with Gasteiger partial charge in [-0.25, -0.2) is 9.59 Å². The minimum absolute atomic E-state index is 0.0837. The van der Waals surface area contributed by atoms with Gasteiger partial charge in [0.25, 0.3) is 0 Å². The molecule has 1 aromatic rings. The standard InChI is InChI=1S/C16H15Cl2NO5S/c1-23-14(21)8-13-19(12(20)9-25-13)6-3-7-24-16(22)15-10(17)4-2-5-11(15)18/h2,4-5,8H,3,6-7,9H2,1H3/b13-8+. The molecule has 0 radical (unpaired) electrons. The van der Waals surface area contributed by atoms with Crippen LogP contribution in [0, 0.1) is 0 Å². The summed E-state index contributed by atoms with van der Waals surface area (Å²) in [7, 11) is 1.27. The number of carbonyl (C=O) groups is 3. The van der Waals surface area contributed by atoms with E-state index in [1.165, 1.54) is 29.8 Å². The van der Waals surface area contributed by atoms with Crippen LogP contribution in [0.1, 0.15) is 16.8 Å². The van der Waals surface area contributed by atoms with E-state index in [1.807, 2.05) is 0 Å². The lowest BCUT2D eigenvalue weighted by atomic mass is 10.2. The number of hydrogen-bond acceptors (Lipinski definition) is 6. The predicted molar refractivity (Wildman–Crippen MR) is 95.6 cm³/mol. The first-order valence-electron chi connectivity index (χ1n) is 7.28. The SMILES string of the molecule is COC(=O)/C=C1/SCC(=O)N1CCCOC(=O)c1c(Cl)cccc1Cl. The Morgan fingerprint density at radius 1 is 1.32 bits per heavy atom. The molecular formula is C16H15Cl2NO5S. The van der Waals surface area contributed by atoms with Gasteiger partial charge in [0.1, 0.15) is 0 Å². The maximum absolute atomic E-state index is 12.0. The summed E-state index contributed by atoms with van der Waals surface area (Å²) < 4.78 is 9.72. The number of nitrogens with zero attached hydrogens (tertiary/aromatic N) is 1. The van der Waals surface area contributed by atoms with Gasteiger partial charge < -0.3 is 14.4 Å². The number of hydrogen-bond donors (Lipinski definition) is 0. The molecule has 0 unspecified atom stereocenters. The highest BCUT2D eigenvalue weighted by molar-refractivity contribution is 8.04.